The first-order valence-corrected chi connectivity index (χ1v) is 4.71. The second-order valence-electron chi connectivity index (χ2n) is 2.98. The van der Waals surface area contributed by atoms with Crippen LogP contribution in [0.4, 0.5) is 0 Å². The maximum absolute atomic E-state index is 11.3. The maximum Gasteiger partial charge on any atom is 0.354 e. The first-order chi connectivity index (χ1) is 7.31. The van der Waals surface area contributed by atoms with E-state index >= 15 is 0 Å². The van der Waals surface area contributed by atoms with Gasteiger partial charge in [0.2, 0.25) is 0 Å². The summed E-state index contributed by atoms with van der Waals surface area (Å²) >= 11 is 0. The molecule has 4 nitrogen and oxygen atoms in total. The van der Waals surface area contributed by atoms with Crippen molar-refractivity contribution in [3.8, 4) is 11.5 Å². The van der Waals surface area contributed by atoms with Crippen LogP contribution in [-0.4, -0.2) is 17.6 Å². The van der Waals surface area contributed by atoms with Crippen molar-refractivity contribution in [1.82, 2.24) is 4.98 Å². The van der Waals surface area contributed by atoms with Gasteiger partial charge in [0, 0.05) is 0 Å². The Kier molecular flexibility index (Phi) is 2.58. The van der Waals surface area contributed by atoms with E-state index in [0.29, 0.717) is 18.1 Å². The van der Waals surface area contributed by atoms with E-state index in [2.05, 4.69) is 4.98 Å². The Balaban J connectivity index is 2.21. The van der Waals surface area contributed by atoms with Crippen LogP contribution in [0.25, 0.3) is 11.5 Å². The Morgan fingerprint density at radius 1 is 1.47 bits per heavy atom. The fourth-order valence-electron chi connectivity index (χ4n) is 1.30. The molecule has 0 unspecified atom stereocenters. The summed E-state index contributed by atoms with van der Waals surface area (Å²) in [6.45, 7) is 2.14. The predicted octanol–water partition coefficient (Wildman–Crippen LogP) is 2.45. The lowest BCUT2D eigenvalue weighted by Crippen LogP contribution is -2.04. The molecule has 0 fully saturated rings. The number of carbonyl (C=O) groups excluding carboxylic acids is 1. The van der Waals surface area contributed by atoms with Crippen LogP contribution >= 0.6 is 0 Å². The molecule has 2 aromatic heterocycles. The van der Waals surface area contributed by atoms with E-state index in [-0.39, 0.29) is 5.97 Å². The number of hydrogen-bond acceptors (Lipinski definition) is 3. The standard InChI is InChI=1S/C11H11NO3/c1-2-14-11(13)9-6-5-8(12-9)10-4-3-7-15-10/h3-7,12H,2H2,1H3. The molecule has 2 aromatic rings. The number of aromatic nitrogens is 1. The summed E-state index contributed by atoms with van der Waals surface area (Å²) in [5.74, 6) is 0.348. The van der Waals surface area contributed by atoms with Gasteiger partial charge in [-0.3, -0.25) is 0 Å². The molecule has 4 heteroatoms. The highest BCUT2D eigenvalue weighted by Crippen LogP contribution is 2.18. The van der Waals surface area contributed by atoms with Gasteiger partial charge in [-0.05, 0) is 31.2 Å². The SMILES string of the molecule is CCOC(=O)c1ccc(-c2ccco2)[nH]1. The number of aromatic amines is 1. The van der Waals surface area contributed by atoms with Crippen molar-refractivity contribution < 1.29 is 13.9 Å². The molecule has 0 saturated heterocycles. The summed E-state index contributed by atoms with van der Waals surface area (Å²) in [5.41, 5.74) is 1.20. The Hall–Kier alpha value is -1.97. The predicted molar refractivity (Wildman–Crippen MR) is 54.5 cm³/mol. The molecule has 1 N–H and O–H groups in total. The van der Waals surface area contributed by atoms with Crippen molar-refractivity contribution in [2.75, 3.05) is 6.61 Å². The van der Waals surface area contributed by atoms with E-state index in [0.717, 1.165) is 5.69 Å². The van der Waals surface area contributed by atoms with Crippen LogP contribution in [0.1, 0.15) is 17.4 Å². The second kappa shape index (κ2) is 4.04. The molecule has 0 bridgehead atoms. The van der Waals surface area contributed by atoms with E-state index in [4.69, 9.17) is 9.15 Å². The van der Waals surface area contributed by atoms with Gasteiger partial charge in [-0.25, -0.2) is 4.79 Å². The van der Waals surface area contributed by atoms with E-state index in [1.807, 2.05) is 6.07 Å². The highest BCUT2D eigenvalue weighted by atomic mass is 16.5. The average Bonchev–Trinajstić information content (AvgIpc) is 2.89. The summed E-state index contributed by atoms with van der Waals surface area (Å²) in [6.07, 6.45) is 1.58. The van der Waals surface area contributed by atoms with Crippen molar-refractivity contribution in [2.45, 2.75) is 6.92 Å². The van der Waals surface area contributed by atoms with Crippen molar-refractivity contribution in [3.63, 3.8) is 0 Å². The van der Waals surface area contributed by atoms with Crippen LogP contribution in [0, 0.1) is 0 Å². The largest absolute Gasteiger partial charge is 0.463 e. The normalized spacial score (nSPS) is 10.2. The quantitative estimate of drug-likeness (QED) is 0.783. The Morgan fingerprint density at radius 2 is 2.33 bits per heavy atom. The van der Waals surface area contributed by atoms with Gasteiger partial charge >= 0.3 is 5.97 Å². The molecule has 0 amide bonds. The molecule has 0 aliphatic rings. The number of hydrogen-bond donors (Lipinski definition) is 1. The monoisotopic (exact) mass is 205 g/mol. The second-order valence-corrected chi connectivity index (χ2v) is 2.98. The molecule has 0 saturated carbocycles. The van der Waals surface area contributed by atoms with E-state index in [1.54, 1.807) is 31.4 Å². The van der Waals surface area contributed by atoms with Crippen molar-refractivity contribution >= 4 is 5.97 Å². The molecule has 2 rings (SSSR count). The highest BCUT2D eigenvalue weighted by Gasteiger charge is 2.10. The number of carbonyl (C=O) groups is 1. The third kappa shape index (κ3) is 1.93. The lowest BCUT2D eigenvalue weighted by molar-refractivity contribution is 0.0520. The zero-order chi connectivity index (χ0) is 10.7. The molecule has 0 radical (unpaired) electrons. The molecular weight excluding hydrogens is 194 g/mol. The van der Waals surface area contributed by atoms with Gasteiger partial charge in [0.05, 0.1) is 18.6 Å². The van der Waals surface area contributed by atoms with Crippen LogP contribution in [0.2, 0.25) is 0 Å². The Bertz CT molecular complexity index is 442. The average molecular weight is 205 g/mol. The zero-order valence-corrected chi connectivity index (χ0v) is 8.32. The number of ether oxygens (including phenoxy) is 1. The van der Waals surface area contributed by atoms with Gasteiger partial charge in [0.15, 0.2) is 0 Å². The topological polar surface area (TPSA) is 55.2 Å². The van der Waals surface area contributed by atoms with Crippen molar-refractivity contribution in [3.05, 3.63) is 36.2 Å². The minimum atomic E-state index is -0.352. The Morgan fingerprint density at radius 3 is 3.00 bits per heavy atom. The molecule has 0 spiro atoms. The van der Waals surface area contributed by atoms with E-state index < -0.39 is 0 Å². The lowest BCUT2D eigenvalue weighted by Gasteiger charge is -1.97. The van der Waals surface area contributed by atoms with E-state index in [9.17, 15) is 4.79 Å². The zero-order valence-electron chi connectivity index (χ0n) is 8.32. The number of rotatable bonds is 3. The molecule has 0 aromatic carbocycles. The number of nitrogens with one attached hydrogen (secondary N) is 1. The van der Waals surface area contributed by atoms with Crippen molar-refractivity contribution in [1.29, 1.82) is 0 Å². The summed E-state index contributed by atoms with van der Waals surface area (Å²) in [4.78, 5) is 14.3. The van der Waals surface area contributed by atoms with Gasteiger partial charge in [-0.1, -0.05) is 0 Å². The fourth-order valence-corrected chi connectivity index (χ4v) is 1.30. The third-order valence-corrected chi connectivity index (χ3v) is 1.97. The van der Waals surface area contributed by atoms with Crippen LogP contribution in [-0.2, 0) is 4.74 Å². The minimum absolute atomic E-state index is 0.352. The molecule has 0 aliphatic carbocycles. The van der Waals surface area contributed by atoms with Gasteiger partial charge < -0.3 is 14.1 Å². The number of H-pyrrole nitrogens is 1. The van der Waals surface area contributed by atoms with Crippen LogP contribution in [0.5, 0.6) is 0 Å². The van der Waals surface area contributed by atoms with Gasteiger partial charge in [0.25, 0.3) is 0 Å². The van der Waals surface area contributed by atoms with Crippen LogP contribution < -0.4 is 0 Å². The van der Waals surface area contributed by atoms with Gasteiger partial charge in [-0.2, -0.15) is 0 Å². The molecule has 0 atom stereocenters. The highest BCUT2D eigenvalue weighted by molar-refractivity contribution is 5.88. The minimum Gasteiger partial charge on any atom is -0.463 e. The molecular formula is C11H11NO3. The van der Waals surface area contributed by atoms with E-state index in [1.165, 1.54) is 0 Å². The van der Waals surface area contributed by atoms with Crippen LogP contribution in [0.15, 0.2) is 34.9 Å². The molecule has 15 heavy (non-hydrogen) atoms. The maximum atomic E-state index is 11.3. The third-order valence-electron chi connectivity index (χ3n) is 1.97. The Labute approximate surface area is 86.9 Å². The summed E-state index contributed by atoms with van der Waals surface area (Å²) in [6, 6.07) is 7.07. The van der Waals surface area contributed by atoms with Crippen LogP contribution in [0.3, 0.4) is 0 Å². The summed E-state index contributed by atoms with van der Waals surface area (Å²) < 4.78 is 10.0. The van der Waals surface area contributed by atoms with Gasteiger partial charge in [0.1, 0.15) is 11.5 Å². The molecule has 0 aliphatic heterocycles. The first kappa shape index (κ1) is 9.58. The first-order valence-electron chi connectivity index (χ1n) is 4.71. The lowest BCUT2D eigenvalue weighted by atomic mass is 10.3. The summed E-state index contributed by atoms with van der Waals surface area (Å²) in [5, 5.41) is 0. The number of esters is 1. The smallest absolute Gasteiger partial charge is 0.354 e. The van der Waals surface area contributed by atoms with Crippen molar-refractivity contribution in [2.24, 2.45) is 0 Å². The molecule has 78 valence electrons. The molecule has 2 heterocycles. The number of furan rings is 1. The van der Waals surface area contributed by atoms with Gasteiger partial charge in [-0.15, -0.1) is 0 Å². The fraction of sp³-hybridized carbons (Fsp3) is 0.182. The summed E-state index contributed by atoms with van der Waals surface area (Å²) in [7, 11) is 0.